The molecule has 2 aromatic carbocycles. The number of methoxy groups -OCH3 is 1. The number of amides is 2. The third-order valence-electron chi connectivity index (χ3n) is 5.61. The van der Waals surface area contributed by atoms with Gasteiger partial charge in [-0.15, -0.1) is 0 Å². The van der Waals surface area contributed by atoms with Gasteiger partial charge < -0.3 is 20.7 Å². The quantitative estimate of drug-likeness (QED) is 0.0932. The van der Waals surface area contributed by atoms with Crippen LogP contribution in [0, 0.1) is 28.0 Å². The number of hydrogen-bond donors (Lipinski definition) is 5. The van der Waals surface area contributed by atoms with Gasteiger partial charge in [0.05, 0.1) is 13.0 Å². The number of hydrazine groups is 1. The molecule has 2 rings (SSSR count). The van der Waals surface area contributed by atoms with Crippen LogP contribution in [0.1, 0.15) is 51.5 Å². The van der Waals surface area contributed by atoms with E-state index in [4.69, 9.17) is 10.1 Å². The summed E-state index contributed by atoms with van der Waals surface area (Å²) in [6.07, 6.45) is 1.38. The lowest BCUT2D eigenvalue weighted by atomic mass is 9.96. The van der Waals surface area contributed by atoms with Gasteiger partial charge in [0.15, 0.2) is 5.03 Å². The van der Waals surface area contributed by atoms with Gasteiger partial charge in [-0.1, -0.05) is 43.5 Å². The molecule has 0 aliphatic rings. The standard InChI is InChI=1S/C25H35N6O5/c1-16(2)11-13-27-24(33)22(6-5-12-28-25(26)30-31(34)35)29-23(32)17(3)18-7-8-20-15-21(36-4)10-9-19(20)14-18/h7-10,13-17,22H,5-6,11-12H2,1-4H3,(H,27,33)(H,29,32)(H3,26,28,30)/t17?,22-/m0/s1. The minimum atomic E-state index is -0.832. The van der Waals surface area contributed by atoms with Gasteiger partial charge in [0, 0.05) is 13.1 Å². The topological polar surface area (TPSA) is 158 Å². The van der Waals surface area contributed by atoms with Crippen molar-refractivity contribution in [2.24, 2.45) is 5.92 Å². The molecule has 0 aliphatic carbocycles. The van der Waals surface area contributed by atoms with Crippen LogP contribution in [0.25, 0.3) is 10.8 Å². The summed E-state index contributed by atoms with van der Waals surface area (Å²) in [5, 5.41) is 27.1. The fraction of sp³-hybridized carbons (Fsp3) is 0.440. The molecule has 5 N–H and O–H groups in total. The van der Waals surface area contributed by atoms with E-state index in [0.29, 0.717) is 18.8 Å². The first kappa shape index (κ1) is 28.3. The molecule has 0 heterocycles. The molecule has 11 nitrogen and oxygen atoms in total. The second-order valence-corrected chi connectivity index (χ2v) is 8.91. The summed E-state index contributed by atoms with van der Waals surface area (Å²) in [6, 6.07) is 10.7. The Kier molecular flexibility index (Phi) is 10.9. The third kappa shape index (κ3) is 9.05. The first-order valence-electron chi connectivity index (χ1n) is 11.8. The highest BCUT2D eigenvalue weighted by Gasteiger charge is 2.24. The number of benzene rings is 2. The van der Waals surface area contributed by atoms with E-state index in [-0.39, 0.29) is 24.8 Å². The van der Waals surface area contributed by atoms with E-state index in [2.05, 4.69) is 16.0 Å². The number of carbonyl (C=O) groups excluding carboxylic acids is 2. The van der Waals surface area contributed by atoms with Gasteiger partial charge in [-0.05, 0) is 60.6 Å². The average molecular weight is 500 g/mol. The molecule has 0 bridgehead atoms. The highest BCUT2D eigenvalue weighted by atomic mass is 16.7. The Morgan fingerprint density at radius 3 is 2.47 bits per heavy atom. The molecule has 0 saturated heterocycles. The van der Waals surface area contributed by atoms with Crippen molar-refractivity contribution in [2.45, 2.75) is 52.0 Å². The zero-order chi connectivity index (χ0) is 26.7. The Morgan fingerprint density at radius 1 is 1.11 bits per heavy atom. The molecule has 11 heteroatoms. The second kappa shape index (κ2) is 13.9. The van der Waals surface area contributed by atoms with Gasteiger partial charge in [-0.2, -0.15) is 0 Å². The number of nitrogens with one attached hydrogen (secondary N) is 5. The van der Waals surface area contributed by atoms with Crippen molar-refractivity contribution in [1.82, 2.24) is 21.4 Å². The van der Waals surface area contributed by atoms with Gasteiger partial charge in [-0.25, -0.2) is 10.1 Å². The Bertz CT molecular complexity index is 1070. The molecule has 2 atom stereocenters. The summed E-state index contributed by atoms with van der Waals surface area (Å²) >= 11 is 0. The maximum atomic E-state index is 13.1. The lowest BCUT2D eigenvalue weighted by Crippen LogP contribution is -2.47. The Balaban J connectivity index is 2.04. The number of ether oxygens (including phenoxy) is 1. The van der Waals surface area contributed by atoms with Crippen molar-refractivity contribution >= 4 is 28.5 Å². The number of nitrogens with zero attached hydrogens (tertiary/aromatic N) is 1. The van der Waals surface area contributed by atoms with E-state index in [1.807, 2.05) is 50.2 Å². The van der Waals surface area contributed by atoms with Crippen LogP contribution in [-0.4, -0.2) is 42.5 Å². The predicted octanol–water partition coefficient (Wildman–Crippen LogP) is 2.85. The van der Waals surface area contributed by atoms with Crippen LogP contribution >= 0.6 is 0 Å². The predicted molar refractivity (Wildman–Crippen MR) is 138 cm³/mol. The Labute approximate surface area is 211 Å². The molecule has 1 unspecified atom stereocenters. The average Bonchev–Trinajstić information content (AvgIpc) is 2.83. The van der Waals surface area contributed by atoms with Gasteiger partial charge in [-0.3, -0.25) is 15.0 Å². The number of fused-ring (bicyclic) bond motifs is 1. The zero-order valence-corrected chi connectivity index (χ0v) is 21.1. The fourth-order valence-electron chi connectivity index (χ4n) is 3.50. The zero-order valence-electron chi connectivity index (χ0n) is 21.1. The molecule has 2 aromatic rings. The fourth-order valence-corrected chi connectivity index (χ4v) is 3.50. The molecular weight excluding hydrogens is 464 g/mol. The van der Waals surface area contributed by atoms with Gasteiger partial charge in [0.1, 0.15) is 11.8 Å². The molecule has 36 heavy (non-hydrogen) atoms. The summed E-state index contributed by atoms with van der Waals surface area (Å²) in [5.41, 5.74) is 2.53. The maximum Gasteiger partial charge on any atom is 0.251 e. The molecule has 1 radical (unpaired) electrons. The third-order valence-corrected chi connectivity index (χ3v) is 5.61. The van der Waals surface area contributed by atoms with Crippen LogP contribution in [0.2, 0.25) is 0 Å². The van der Waals surface area contributed by atoms with Crippen LogP contribution in [0.3, 0.4) is 0 Å². The molecule has 195 valence electrons. The SMILES string of the molecule is COc1ccc2cc(C(C)C(=O)N[C@@H](CCCNC(=N)N[N+](=O)[O-])C(=O)N[CH]CC(C)C)ccc2c1. The smallest absolute Gasteiger partial charge is 0.251 e. The van der Waals surface area contributed by atoms with E-state index in [9.17, 15) is 19.7 Å². The van der Waals surface area contributed by atoms with Crippen molar-refractivity contribution in [3.63, 3.8) is 0 Å². The first-order chi connectivity index (χ1) is 17.1. The summed E-state index contributed by atoms with van der Waals surface area (Å²) in [4.78, 5) is 36.3. The molecule has 0 saturated carbocycles. The minimum Gasteiger partial charge on any atom is -0.497 e. The van der Waals surface area contributed by atoms with E-state index >= 15 is 0 Å². The number of rotatable bonds is 13. The van der Waals surface area contributed by atoms with Crippen LogP contribution in [0.4, 0.5) is 0 Å². The lowest BCUT2D eigenvalue weighted by Gasteiger charge is -2.21. The van der Waals surface area contributed by atoms with Crippen LogP contribution in [0.15, 0.2) is 36.4 Å². The van der Waals surface area contributed by atoms with Crippen molar-refractivity contribution in [1.29, 1.82) is 5.41 Å². The van der Waals surface area contributed by atoms with Crippen molar-refractivity contribution in [3.8, 4) is 5.75 Å². The second-order valence-electron chi connectivity index (χ2n) is 8.91. The Hall–Kier alpha value is -3.89. The Morgan fingerprint density at radius 2 is 1.81 bits per heavy atom. The van der Waals surface area contributed by atoms with Crippen molar-refractivity contribution in [2.75, 3.05) is 13.7 Å². The first-order valence-corrected chi connectivity index (χ1v) is 11.8. The molecule has 2 amide bonds. The highest BCUT2D eigenvalue weighted by Crippen LogP contribution is 2.25. The largest absolute Gasteiger partial charge is 0.497 e. The molecular formula is C25H35N6O5. The summed E-state index contributed by atoms with van der Waals surface area (Å²) < 4.78 is 5.26. The minimum absolute atomic E-state index is 0.221. The van der Waals surface area contributed by atoms with Crippen LogP contribution < -0.4 is 26.1 Å². The van der Waals surface area contributed by atoms with E-state index < -0.39 is 23.0 Å². The number of hydrogen-bond acceptors (Lipinski definition) is 6. The monoisotopic (exact) mass is 499 g/mol. The number of carbonyl (C=O) groups is 2. The molecule has 0 spiro atoms. The van der Waals surface area contributed by atoms with Gasteiger partial charge in [0.2, 0.25) is 11.8 Å². The molecule has 0 aromatic heterocycles. The number of guanidine groups is 1. The van der Waals surface area contributed by atoms with Crippen LogP contribution in [0.5, 0.6) is 5.75 Å². The lowest BCUT2D eigenvalue weighted by molar-refractivity contribution is -0.525. The summed E-state index contributed by atoms with van der Waals surface area (Å²) in [5.74, 6) is -0.443. The summed E-state index contributed by atoms with van der Waals surface area (Å²) in [6.45, 7) is 7.75. The van der Waals surface area contributed by atoms with E-state index in [0.717, 1.165) is 22.1 Å². The number of nitro groups is 1. The maximum absolute atomic E-state index is 13.1. The van der Waals surface area contributed by atoms with Crippen LogP contribution in [-0.2, 0) is 9.59 Å². The normalized spacial score (nSPS) is 12.5. The highest BCUT2D eigenvalue weighted by molar-refractivity contribution is 5.92. The van der Waals surface area contributed by atoms with Gasteiger partial charge in [0.25, 0.3) is 5.96 Å². The van der Waals surface area contributed by atoms with Crippen molar-refractivity contribution < 1.29 is 19.4 Å². The summed E-state index contributed by atoms with van der Waals surface area (Å²) in [7, 11) is 1.61. The van der Waals surface area contributed by atoms with E-state index in [1.54, 1.807) is 26.0 Å². The van der Waals surface area contributed by atoms with Gasteiger partial charge >= 0.3 is 0 Å². The molecule has 0 fully saturated rings. The van der Waals surface area contributed by atoms with E-state index in [1.165, 1.54) is 0 Å². The van der Waals surface area contributed by atoms with Crippen molar-refractivity contribution in [3.05, 3.63) is 58.6 Å². The molecule has 0 aliphatic heterocycles.